The Labute approximate surface area is 156 Å². The number of anilines is 1. The summed E-state index contributed by atoms with van der Waals surface area (Å²) in [5, 5.41) is 17.2. The fourth-order valence-electron chi connectivity index (χ4n) is 2.41. The Hall–Kier alpha value is -3.95. The van der Waals surface area contributed by atoms with Crippen LogP contribution in [-0.4, -0.2) is 20.6 Å². The highest BCUT2D eigenvalue weighted by Crippen LogP contribution is 2.21. The van der Waals surface area contributed by atoms with E-state index in [2.05, 4.69) is 10.4 Å². The third kappa shape index (κ3) is 4.23. The summed E-state index contributed by atoms with van der Waals surface area (Å²) < 4.78 is 27.4. The van der Waals surface area contributed by atoms with Crippen molar-refractivity contribution in [3.63, 3.8) is 0 Å². The molecule has 0 aliphatic rings. The first-order chi connectivity index (χ1) is 13.3. The summed E-state index contributed by atoms with van der Waals surface area (Å²) in [6, 6.07) is 10.8. The van der Waals surface area contributed by atoms with Crippen LogP contribution in [0.3, 0.4) is 0 Å². The number of aromatic nitrogens is 2. The lowest BCUT2D eigenvalue weighted by Crippen LogP contribution is -2.29. The van der Waals surface area contributed by atoms with Gasteiger partial charge in [-0.1, -0.05) is 12.1 Å². The Bertz CT molecular complexity index is 1130. The smallest absolute Gasteiger partial charge is 0.270 e. The molecule has 0 spiro atoms. The van der Waals surface area contributed by atoms with Crippen LogP contribution in [0.4, 0.5) is 20.2 Å². The van der Waals surface area contributed by atoms with Crippen LogP contribution in [0.5, 0.6) is 0 Å². The average Bonchev–Trinajstić information content (AvgIpc) is 2.66. The topological polar surface area (TPSA) is 107 Å². The number of amides is 1. The minimum atomic E-state index is -0.959. The molecule has 10 heteroatoms. The number of benzene rings is 2. The third-order valence-electron chi connectivity index (χ3n) is 3.72. The SMILES string of the molecule is O=C(Cn1nc(-c2cccc([N+](=O)[O-])c2)ccc1=O)Nc1ccc(F)cc1F. The van der Waals surface area contributed by atoms with E-state index < -0.39 is 34.6 Å². The van der Waals surface area contributed by atoms with Gasteiger partial charge < -0.3 is 5.32 Å². The van der Waals surface area contributed by atoms with Crippen LogP contribution in [0.15, 0.2) is 59.4 Å². The van der Waals surface area contributed by atoms with Crippen LogP contribution in [-0.2, 0) is 11.3 Å². The molecule has 8 nitrogen and oxygen atoms in total. The molecular weight excluding hydrogens is 374 g/mol. The summed E-state index contributed by atoms with van der Waals surface area (Å²) in [5.74, 6) is -2.51. The number of hydrogen-bond donors (Lipinski definition) is 1. The van der Waals surface area contributed by atoms with Crippen LogP contribution in [0.1, 0.15) is 0 Å². The number of non-ortho nitro benzene ring substituents is 1. The molecule has 3 aromatic rings. The molecule has 0 saturated carbocycles. The zero-order valence-corrected chi connectivity index (χ0v) is 14.1. The van der Waals surface area contributed by atoms with Crippen molar-refractivity contribution in [1.82, 2.24) is 9.78 Å². The normalized spacial score (nSPS) is 10.5. The molecular formula is C18H12F2N4O4. The van der Waals surface area contributed by atoms with Gasteiger partial charge in [-0.25, -0.2) is 13.5 Å². The van der Waals surface area contributed by atoms with Crippen LogP contribution in [0.2, 0.25) is 0 Å². The van der Waals surface area contributed by atoms with Gasteiger partial charge in [0.1, 0.15) is 18.2 Å². The Morgan fingerprint density at radius 3 is 2.64 bits per heavy atom. The van der Waals surface area contributed by atoms with Gasteiger partial charge >= 0.3 is 0 Å². The molecule has 0 atom stereocenters. The highest BCUT2D eigenvalue weighted by Gasteiger charge is 2.13. The molecule has 0 aliphatic carbocycles. The number of carbonyl (C=O) groups excluding carboxylic acids is 1. The summed E-state index contributed by atoms with van der Waals surface area (Å²) in [5.41, 5.74) is -0.364. The minimum Gasteiger partial charge on any atom is -0.322 e. The number of nitrogens with one attached hydrogen (secondary N) is 1. The Morgan fingerprint density at radius 1 is 1.14 bits per heavy atom. The van der Waals surface area contributed by atoms with E-state index in [-0.39, 0.29) is 17.1 Å². The number of rotatable bonds is 5. The molecule has 2 aromatic carbocycles. The van der Waals surface area contributed by atoms with Crippen molar-refractivity contribution in [3.05, 3.63) is 86.7 Å². The maximum Gasteiger partial charge on any atom is 0.270 e. The van der Waals surface area contributed by atoms with Gasteiger partial charge in [0.25, 0.3) is 11.2 Å². The second kappa shape index (κ2) is 7.74. The molecule has 1 aromatic heterocycles. The Balaban J connectivity index is 1.83. The van der Waals surface area contributed by atoms with E-state index in [9.17, 15) is 28.5 Å². The van der Waals surface area contributed by atoms with Gasteiger partial charge in [0.05, 0.1) is 16.3 Å². The lowest BCUT2D eigenvalue weighted by atomic mass is 10.1. The van der Waals surface area contributed by atoms with Crippen molar-refractivity contribution in [2.75, 3.05) is 5.32 Å². The summed E-state index contributed by atoms with van der Waals surface area (Å²) in [4.78, 5) is 34.4. The molecule has 3 rings (SSSR count). The van der Waals surface area contributed by atoms with Crippen molar-refractivity contribution < 1.29 is 18.5 Å². The Kier molecular flexibility index (Phi) is 5.21. The van der Waals surface area contributed by atoms with Crippen molar-refractivity contribution in [3.8, 4) is 11.3 Å². The number of nitro groups is 1. The summed E-state index contributed by atoms with van der Waals surface area (Å²) >= 11 is 0. The van der Waals surface area contributed by atoms with E-state index >= 15 is 0 Å². The second-order valence-electron chi connectivity index (χ2n) is 5.69. The standard InChI is InChI=1S/C18H12F2N4O4/c19-12-4-5-16(14(20)9-12)21-17(25)10-23-18(26)7-6-15(22-23)11-2-1-3-13(8-11)24(27)28/h1-9H,10H2,(H,21,25). The number of nitro benzene ring substituents is 1. The van der Waals surface area contributed by atoms with E-state index in [4.69, 9.17) is 0 Å². The first-order valence-electron chi connectivity index (χ1n) is 7.91. The number of hydrogen-bond acceptors (Lipinski definition) is 5. The Morgan fingerprint density at radius 2 is 1.93 bits per heavy atom. The predicted molar refractivity (Wildman–Crippen MR) is 95.6 cm³/mol. The van der Waals surface area contributed by atoms with Gasteiger partial charge in [0.15, 0.2) is 0 Å². The molecule has 0 aliphatic heterocycles. The van der Waals surface area contributed by atoms with Crippen molar-refractivity contribution in [1.29, 1.82) is 0 Å². The molecule has 1 amide bonds. The maximum absolute atomic E-state index is 13.6. The van der Waals surface area contributed by atoms with E-state index in [1.807, 2.05) is 0 Å². The van der Waals surface area contributed by atoms with Gasteiger partial charge in [-0.3, -0.25) is 19.7 Å². The summed E-state index contributed by atoms with van der Waals surface area (Å²) in [7, 11) is 0. The van der Waals surface area contributed by atoms with Crippen LogP contribution >= 0.6 is 0 Å². The van der Waals surface area contributed by atoms with Gasteiger partial charge in [-0.15, -0.1) is 0 Å². The largest absolute Gasteiger partial charge is 0.322 e. The molecule has 0 bridgehead atoms. The van der Waals surface area contributed by atoms with Gasteiger partial charge in [0.2, 0.25) is 5.91 Å². The molecule has 0 unspecified atom stereocenters. The summed E-state index contributed by atoms with van der Waals surface area (Å²) in [6.45, 7) is -0.529. The third-order valence-corrected chi connectivity index (χ3v) is 3.72. The minimum absolute atomic E-state index is 0.151. The molecule has 1 heterocycles. The summed E-state index contributed by atoms with van der Waals surface area (Å²) in [6.07, 6.45) is 0. The fourth-order valence-corrected chi connectivity index (χ4v) is 2.41. The highest BCUT2D eigenvalue weighted by molar-refractivity contribution is 5.90. The molecule has 1 N–H and O–H groups in total. The molecule has 142 valence electrons. The number of halogens is 2. The lowest BCUT2D eigenvalue weighted by Gasteiger charge is -2.09. The molecule has 0 saturated heterocycles. The van der Waals surface area contributed by atoms with Crippen LogP contribution in [0.25, 0.3) is 11.3 Å². The molecule has 0 radical (unpaired) electrons. The van der Waals surface area contributed by atoms with Crippen molar-refractivity contribution in [2.45, 2.75) is 6.54 Å². The maximum atomic E-state index is 13.6. The first-order valence-corrected chi connectivity index (χ1v) is 7.91. The highest BCUT2D eigenvalue weighted by atomic mass is 19.1. The fraction of sp³-hybridized carbons (Fsp3) is 0.0556. The van der Waals surface area contributed by atoms with E-state index in [0.717, 1.165) is 22.9 Å². The first kappa shape index (κ1) is 18.8. The number of carbonyl (C=O) groups is 1. The van der Waals surface area contributed by atoms with E-state index in [1.165, 1.54) is 24.3 Å². The second-order valence-corrected chi connectivity index (χ2v) is 5.69. The zero-order valence-electron chi connectivity index (χ0n) is 14.1. The van der Waals surface area contributed by atoms with Gasteiger partial charge in [-0.05, 0) is 18.2 Å². The number of nitrogens with zero attached hydrogens (tertiary/aromatic N) is 3. The quantitative estimate of drug-likeness (QED) is 0.536. The van der Waals surface area contributed by atoms with Crippen molar-refractivity contribution >= 4 is 17.3 Å². The van der Waals surface area contributed by atoms with Crippen LogP contribution in [0, 0.1) is 21.7 Å². The predicted octanol–water partition coefficient (Wildman–Crippen LogP) is 2.74. The van der Waals surface area contributed by atoms with Gasteiger partial charge in [0, 0.05) is 29.8 Å². The molecule has 28 heavy (non-hydrogen) atoms. The monoisotopic (exact) mass is 386 g/mol. The van der Waals surface area contributed by atoms with Crippen LogP contribution < -0.4 is 10.9 Å². The lowest BCUT2D eigenvalue weighted by molar-refractivity contribution is -0.384. The molecule has 0 fully saturated rings. The zero-order chi connectivity index (χ0) is 20.3. The van der Waals surface area contributed by atoms with Crippen molar-refractivity contribution in [2.24, 2.45) is 0 Å². The van der Waals surface area contributed by atoms with E-state index in [1.54, 1.807) is 6.07 Å². The average molecular weight is 386 g/mol. The van der Waals surface area contributed by atoms with Gasteiger partial charge in [-0.2, -0.15) is 5.10 Å². The van der Waals surface area contributed by atoms with E-state index in [0.29, 0.717) is 11.6 Å².